The number of non-ortho nitro benzene ring substituents is 1. The van der Waals surface area contributed by atoms with Gasteiger partial charge >= 0.3 is 6.18 Å². The second kappa shape index (κ2) is 7.24. The summed E-state index contributed by atoms with van der Waals surface area (Å²) in [6.07, 6.45) is -4.74. The molecule has 0 bridgehead atoms. The zero-order chi connectivity index (χ0) is 20.6. The number of aromatic nitrogens is 1. The molecule has 2 aromatic carbocycles. The summed E-state index contributed by atoms with van der Waals surface area (Å²) in [7, 11) is 0. The normalized spacial score (nSPS) is 11.6. The van der Waals surface area contributed by atoms with Gasteiger partial charge in [-0.15, -0.1) is 0 Å². The molecule has 1 amide bonds. The lowest BCUT2D eigenvalue weighted by Crippen LogP contribution is -2.25. The van der Waals surface area contributed by atoms with E-state index in [4.69, 9.17) is 11.6 Å². The molecule has 0 atom stereocenters. The minimum atomic E-state index is -4.74. The van der Waals surface area contributed by atoms with Crippen LogP contribution in [0.25, 0.3) is 10.1 Å². The highest BCUT2D eigenvalue weighted by molar-refractivity contribution is 7.13. The molecule has 12 heteroatoms. The number of anilines is 1. The lowest BCUT2D eigenvalue weighted by molar-refractivity contribution is -0.384. The number of carbonyl (C=O) groups excluding carboxylic acids is 1. The molecular weight excluding hydrogens is 423 g/mol. The van der Waals surface area contributed by atoms with E-state index in [9.17, 15) is 32.9 Å². The summed E-state index contributed by atoms with van der Waals surface area (Å²) in [6, 6.07) is 6.50. The first-order valence-electron chi connectivity index (χ1n) is 7.51. The average Bonchev–Trinajstić information content (AvgIpc) is 2.90. The van der Waals surface area contributed by atoms with Gasteiger partial charge in [-0.3, -0.25) is 23.7 Å². The van der Waals surface area contributed by atoms with Crippen molar-refractivity contribution in [3.8, 4) is 0 Å². The number of hydrogen-bond acceptors (Lipinski definition) is 5. The molecule has 1 heterocycles. The zero-order valence-electron chi connectivity index (χ0n) is 13.6. The molecule has 0 spiro atoms. The molecule has 0 radical (unpaired) electrons. The van der Waals surface area contributed by atoms with Gasteiger partial charge < -0.3 is 5.32 Å². The third-order valence-electron chi connectivity index (χ3n) is 3.69. The highest BCUT2D eigenvalue weighted by Crippen LogP contribution is 2.36. The Kier molecular flexibility index (Phi) is 5.13. The van der Waals surface area contributed by atoms with Crippen LogP contribution in [0.15, 0.2) is 41.2 Å². The maximum Gasteiger partial charge on any atom is 0.418 e. The Hall–Kier alpha value is -2.92. The molecular formula is C16H9ClF3N3O4S. The van der Waals surface area contributed by atoms with Gasteiger partial charge in [0.1, 0.15) is 6.54 Å². The Morgan fingerprint density at radius 2 is 1.96 bits per heavy atom. The van der Waals surface area contributed by atoms with E-state index in [2.05, 4.69) is 5.32 Å². The first-order chi connectivity index (χ1) is 13.1. The number of amides is 1. The van der Waals surface area contributed by atoms with Crippen LogP contribution in [0.1, 0.15) is 5.56 Å². The van der Waals surface area contributed by atoms with E-state index in [-0.39, 0.29) is 20.8 Å². The Bertz CT molecular complexity index is 1160. The van der Waals surface area contributed by atoms with Crippen LogP contribution in [0.5, 0.6) is 0 Å². The van der Waals surface area contributed by atoms with Crippen molar-refractivity contribution >= 4 is 50.5 Å². The molecule has 3 rings (SSSR count). The third kappa shape index (κ3) is 3.99. The van der Waals surface area contributed by atoms with Crippen molar-refractivity contribution in [2.24, 2.45) is 0 Å². The van der Waals surface area contributed by atoms with Crippen molar-refractivity contribution in [3.05, 3.63) is 67.5 Å². The number of nitrogens with one attached hydrogen (secondary N) is 1. The molecule has 28 heavy (non-hydrogen) atoms. The van der Waals surface area contributed by atoms with Gasteiger partial charge in [0.25, 0.3) is 11.2 Å². The number of nitro groups is 1. The highest BCUT2D eigenvalue weighted by atomic mass is 35.5. The van der Waals surface area contributed by atoms with E-state index in [0.29, 0.717) is 6.07 Å². The molecule has 0 saturated carbocycles. The number of hydrogen-bond donors (Lipinski definition) is 1. The Morgan fingerprint density at radius 3 is 2.61 bits per heavy atom. The van der Waals surface area contributed by atoms with Crippen LogP contribution in [0, 0.1) is 10.1 Å². The second-order valence-electron chi connectivity index (χ2n) is 5.61. The molecule has 0 fully saturated rings. The summed E-state index contributed by atoms with van der Waals surface area (Å²) < 4.78 is 40.6. The Morgan fingerprint density at radius 1 is 1.25 bits per heavy atom. The van der Waals surface area contributed by atoms with Gasteiger partial charge in [0.2, 0.25) is 5.91 Å². The minimum absolute atomic E-state index is 0.146. The molecule has 0 aliphatic heterocycles. The maximum atomic E-state index is 13.1. The van der Waals surface area contributed by atoms with Crippen molar-refractivity contribution in [2.75, 3.05) is 5.32 Å². The average molecular weight is 432 g/mol. The fourth-order valence-corrected chi connectivity index (χ4v) is 3.66. The van der Waals surface area contributed by atoms with E-state index in [0.717, 1.165) is 27.6 Å². The zero-order valence-corrected chi connectivity index (χ0v) is 15.2. The topological polar surface area (TPSA) is 94.2 Å². The first kappa shape index (κ1) is 19.8. The van der Waals surface area contributed by atoms with Gasteiger partial charge in [-0.1, -0.05) is 23.1 Å². The predicted molar refractivity (Wildman–Crippen MR) is 97.8 cm³/mol. The van der Waals surface area contributed by atoms with Gasteiger partial charge in [-0.25, -0.2) is 0 Å². The standard InChI is InChI=1S/C16H9ClF3N3O4S/c17-8-1-4-12(11(5-8)16(18,19)20)21-14(24)7-22-15(25)10-3-2-9(23(26)27)6-13(10)28-22/h1-6H,7H2,(H,21,24). The Balaban J connectivity index is 1.87. The summed E-state index contributed by atoms with van der Waals surface area (Å²) in [6.45, 7) is -0.550. The quantitative estimate of drug-likeness (QED) is 0.492. The van der Waals surface area contributed by atoms with Crippen molar-refractivity contribution in [1.82, 2.24) is 3.96 Å². The molecule has 3 aromatic rings. The van der Waals surface area contributed by atoms with E-state index < -0.39 is 40.4 Å². The smallest absolute Gasteiger partial charge is 0.324 e. The number of nitro benzene ring substituents is 1. The largest absolute Gasteiger partial charge is 0.418 e. The van der Waals surface area contributed by atoms with Crippen molar-refractivity contribution in [1.29, 1.82) is 0 Å². The fourth-order valence-electron chi connectivity index (χ4n) is 2.46. The lowest BCUT2D eigenvalue weighted by atomic mass is 10.1. The molecule has 0 aliphatic rings. The van der Waals surface area contributed by atoms with Gasteiger partial charge in [0.05, 0.1) is 26.3 Å². The monoisotopic (exact) mass is 431 g/mol. The molecule has 0 unspecified atom stereocenters. The van der Waals surface area contributed by atoms with Crippen LogP contribution in [0.4, 0.5) is 24.5 Å². The van der Waals surface area contributed by atoms with Gasteiger partial charge in [0.15, 0.2) is 0 Å². The molecule has 0 saturated heterocycles. The summed E-state index contributed by atoms with van der Waals surface area (Å²) >= 11 is 6.39. The van der Waals surface area contributed by atoms with E-state index in [1.54, 1.807) is 0 Å². The van der Waals surface area contributed by atoms with Gasteiger partial charge in [0, 0.05) is 17.2 Å². The number of benzene rings is 2. The van der Waals surface area contributed by atoms with Crippen LogP contribution < -0.4 is 10.9 Å². The van der Waals surface area contributed by atoms with E-state index in [1.807, 2.05) is 0 Å². The number of nitrogens with zero attached hydrogens (tertiary/aromatic N) is 2. The summed E-state index contributed by atoms with van der Waals surface area (Å²) in [5.74, 6) is -0.865. The number of fused-ring (bicyclic) bond motifs is 1. The van der Waals surface area contributed by atoms with Crippen molar-refractivity contribution in [3.63, 3.8) is 0 Å². The SMILES string of the molecule is O=C(Cn1sc2cc([N+](=O)[O-])ccc2c1=O)Nc1ccc(Cl)cc1C(F)(F)F. The second-order valence-corrected chi connectivity index (χ2v) is 7.11. The number of rotatable bonds is 4. The summed E-state index contributed by atoms with van der Waals surface area (Å²) in [5.41, 5.74) is -2.40. The van der Waals surface area contributed by atoms with Crippen LogP contribution >= 0.6 is 23.1 Å². The summed E-state index contributed by atoms with van der Waals surface area (Å²) in [4.78, 5) is 34.7. The molecule has 1 aromatic heterocycles. The van der Waals surface area contributed by atoms with E-state index in [1.165, 1.54) is 18.2 Å². The molecule has 0 aliphatic carbocycles. The van der Waals surface area contributed by atoms with Crippen LogP contribution in [-0.4, -0.2) is 14.8 Å². The van der Waals surface area contributed by atoms with Crippen molar-refractivity contribution < 1.29 is 22.9 Å². The van der Waals surface area contributed by atoms with E-state index >= 15 is 0 Å². The van der Waals surface area contributed by atoms with Crippen LogP contribution in [0.2, 0.25) is 5.02 Å². The molecule has 1 N–H and O–H groups in total. The third-order valence-corrected chi connectivity index (χ3v) is 4.97. The van der Waals surface area contributed by atoms with Gasteiger partial charge in [-0.05, 0) is 24.3 Å². The van der Waals surface area contributed by atoms with Crippen molar-refractivity contribution in [2.45, 2.75) is 12.7 Å². The molecule has 7 nitrogen and oxygen atoms in total. The maximum absolute atomic E-state index is 13.1. The number of halogens is 4. The minimum Gasteiger partial charge on any atom is -0.324 e. The fraction of sp³-hybridized carbons (Fsp3) is 0.125. The number of carbonyl (C=O) groups is 1. The number of alkyl halides is 3. The highest BCUT2D eigenvalue weighted by Gasteiger charge is 2.34. The van der Waals surface area contributed by atoms with Crippen LogP contribution in [0.3, 0.4) is 0 Å². The predicted octanol–water partition coefficient (Wildman–Crippen LogP) is 4.28. The lowest BCUT2D eigenvalue weighted by Gasteiger charge is -2.14. The Labute approximate surface area is 163 Å². The molecule has 146 valence electrons. The van der Waals surface area contributed by atoms with Gasteiger partial charge in [-0.2, -0.15) is 13.2 Å². The van der Waals surface area contributed by atoms with Crippen LogP contribution in [-0.2, 0) is 17.5 Å². The summed E-state index contributed by atoms with van der Waals surface area (Å²) in [5, 5.41) is 13.0. The first-order valence-corrected chi connectivity index (χ1v) is 8.66.